The third kappa shape index (κ3) is 2.05. The van der Waals surface area contributed by atoms with Crippen molar-refractivity contribution in [1.29, 1.82) is 0 Å². The third-order valence-corrected chi connectivity index (χ3v) is 2.17. The van der Waals surface area contributed by atoms with E-state index in [4.69, 9.17) is 26.8 Å². The van der Waals surface area contributed by atoms with Gasteiger partial charge in [-0.1, -0.05) is 11.6 Å². The average Bonchev–Trinajstić information content (AvgIpc) is 2.63. The van der Waals surface area contributed by atoms with E-state index in [0.29, 0.717) is 16.5 Å². The molecule has 1 amide bonds. The Morgan fingerprint density at radius 1 is 1.47 bits per heavy atom. The first-order chi connectivity index (χ1) is 7.16. The molecule has 2 rings (SSSR count). The first kappa shape index (κ1) is 9.86. The van der Waals surface area contributed by atoms with Gasteiger partial charge in [-0.15, -0.1) is 0 Å². The highest BCUT2D eigenvalue weighted by molar-refractivity contribution is 6.32. The van der Waals surface area contributed by atoms with Crippen LogP contribution >= 0.6 is 11.6 Å². The lowest BCUT2D eigenvalue weighted by Crippen LogP contribution is -2.05. The maximum absolute atomic E-state index is 10.5. The Morgan fingerprint density at radius 3 is 3.00 bits per heavy atom. The van der Waals surface area contributed by atoms with Gasteiger partial charge in [-0.2, -0.15) is 0 Å². The molecular weight excluding hydrogens is 218 g/mol. The molecule has 1 aliphatic heterocycles. The minimum atomic E-state index is -0.510. The maximum atomic E-state index is 10.5. The maximum Gasteiger partial charge on any atom is 0.241 e. The number of carbonyl (C=O) groups is 1. The van der Waals surface area contributed by atoms with E-state index in [1.807, 2.05) is 0 Å². The van der Waals surface area contributed by atoms with Crippen molar-refractivity contribution < 1.29 is 14.3 Å². The van der Waals surface area contributed by atoms with Crippen molar-refractivity contribution in [3.8, 4) is 11.5 Å². The van der Waals surface area contributed by atoms with E-state index >= 15 is 0 Å². The Bertz CT molecular complexity index is 443. The molecule has 1 aliphatic rings. The molecule has 0 aliphatic carbocycles. The second-order valence-corrected chi connectivity index (χ2v) is 3.38. The zero-order valence-electron chi connectivity index (χ0n) is 7.70. The molecule has 5 heteroatoms. The van der Waals surface area contributed by atoms with Crippen molar-refractivity contribution in [2.75, 3.05) is 6.79 Å². The number of carbonyl (C=O) groups excluding carboxylic acids is 1. The molecule has 4 nitrogen and oxygen atoms in total. The molecule has 1 aromatic rings. The number of benzene rings is 1. The molecule has 0 spiro atoms. The van der Waals surface area contributed by atoms with Gasteiger partial charge in [0, 0.05) is 6.08 Å². The van der Waals surface area contributed by atoms with Gasteiger partial charge in [0.25, 0.3) is 0 Å². The van der Waals surface area contributed by atoms with Crippen molar-refractivity contribution >= 4 is 23.6 Å². The van der Waals surface area contributed by atoms with Crippen molar-refractivity contribution in [2.24, 2.45) is 5.73 Å². The highest BCUT2D eigenvalue weighted by atomic mass is 35.5. The predicted octanol–water partition coefficient (Wildman–Crippen LogP) is 1.57. The van der Waals surface area contributed by atoms with Gasteiger partial charge in [0.2, 0.25) is 12.7 Å². The number of fused-ring (bicyclic) bond motifs is 1. The number of ether oxygens (including phenoxy) is 2. The van der Waals surface area contributed by atoms with Crippen LogP contribution in [0.3, 0.4) is 0 Å². The summed E-state index contributed by atoms with van der Waals surface area (Å²) >= 11 is 5.94. The molecule has 15 heavy (non-hydrogen) atoms. The number of hydrogen-bond acceptors (Lipinski definition) is 3. The van der Waals surface area contributed by atoms with E-state index in [9.17, 15) is 4.79 Å². The molecule has 0 bridgehead atoms. The molecule has 0 saturated carbocycles. The second kappa shape index (κ2) is 3.82. The van der Waals surface area contributed by atoms with E-state index in [-0.39, 0.29) is 6.79 Å². The van der Waals surface area contributed by atoms with Crippen LogP contribution in [0.15, 0.2) is 18.2 Å². The topological polar surface area (TPSA) is 61.6 Å². The Labute approximate surface area is 91.2 Å². The molecule has 0 unspecified atom stereocenters. The van der Waals surface area contributed by atoms with E-state index in [0.717, 1.165) is 5.56 Å². The number of hydrogen-bond donors (Lipinski definition) is 1. The molecule has 0 fully saturated rings. The van der Waals surface area contributed by atoms with Crippen molar-refractivity contribution in [3.05, 3.63) is 28.8 Å². The fourth-order valence-corrected chi connectivity index (χ4v) is 1.54. The summed E-state index contributed by atoms with van der Waals surface area (Å²) in [5, 5.41) is 0.453. The van der Waals surface area contributed by atoms with Crippen LogP contribution in [-0.4, -0.2) is 12.7 Å². The summed E-state index contributed by atoms with van der Waals surface area (Å²) in [4.78, 5) is 10.5. The standard InChI is InChI=1S/C10H8ClNO3/c11-7-3-6(1-2-9(12)13)4-8-10(7)15-5-14-8/h1-4H,5H2,(H2,12,13). The van der Waals surface area contributed by atoms with E-state index in [2.05, 4.69) is 0 Å². The van der Waals surface area contributed by atoms with Gasteiger partial charge >= 0.3 is 0 Å². The number of nitrogens with two attached hydrogens (primary N) is 1. The summed E-state index contributed by atoms with van der Waals surface area (Å²) in [5.41, 5.74) is 5.72. The molecule has 0 saturated heterocycles. The highest BCUT2D eigenvalue weighted by Gasteiger charge is 2.17. The minimum Gasteiger partial charge on any atom is -0.454 e. The van der Waals surface area contributed by atoms with Crippen LogP contribution in [0.5, 0.6) is 11.5 Å². The SMILES string of the molecule is NC(=O)C=Cc1cc(Cl)c2c(c1)OCO2. The van der Waals surface area contributed by atoms with E-state index < -0.39 is 5.91 Å². The smallest absolute Gasteiger partial charge is 0.241 e. The molecular formula is C10H8ClNO3. The summed E-state index contributed by atoms with van der Waals surface area (Å²) in [7, 11) is 0. The van der Waals surface area contributed by atoms with E-state index in [1.165, 1.54) is 6.08 Å². The third-order valence-electron chi connectivity index (χ3n) is 1.89. The summed E-state index contributed by atoms with van der Waals surface area (Å²) in [6, 6.07) is 3.40. The van der Waals surface area contributed by atoms with Gasteiger partial charge < -0.3 is 15.2 Å². The van der Waals surface area contributed by atoms with Gasteiger partial charge in [0.15, 0.2) is 11.5 Å². The lowest BCUT2D eigenvalue weighted by Gasteiger charge is -2.00. The van der Waals surface area contributed by atoms with Gasteiger partial charge in [-0.3, -0.25) is 4.79 Å². The lowest BCUT2D eigenvalue weighted by molar-refractivity contribution is -0.113. The Kier molecular flexibility index (Phi) is 2.51. The number of rotatable bonds is 2. The molecule has 1 aromatic carbocycles. The minimum absolute atomic E-state index is 0.165. The summed E-state index contributed by atoms with van der Waals surface area (Å²) < 4.78 is 10.3. The second-order valence-electron chi connectivity index (χ2n) is 2.97. The zero-order valence-corrected chi connectivity index (χ0v) is 8.45. The fraction of sp³-hybridized carbons (Fsp3) is 0.100. The summed E-state index contributed by atoms with van der Waals surface area (Å²) in [6.45, 7) is 0.165. The monoisotopic (exact) mass is 225 g/mol. The Hall–Kier alpha value is -1.68. The van der Waals surface area contributed by atoms with E-state index in [1.54, 1.807) is 18.2 Å². The molecule has 78 valence electrons. The number of halogens is 1. The van der Waals surface area contributed by atoms with Crippen LogP contribution in [0.2, 0.25) is 5.02 Å². The number of primary amides is 1. The first-order valence-electron chi connectivity index (χ1n) is 4.23. The molecule has 0 aromatic heterocycles. The van der Waals surface area contributed by atoms with Crippen molar-refractivity contribution in [3.63, 3.8) is 0 Å². The van der Waals surface area contributed by atoms with Crippen LogP contribution in [0, 0.1) is 0 Å². The van der Waals surface area contributed by atoms with Crippen LogP contribution in [-0.2, 0) is 4.79 Å². The van der Waals surface area contributed by atoms with Gasteiger partial charge in [-0.25, -0.2) is 0 Å². The Morgan fingerprint density at radius 2 is 2.27 bits per heavy atom. The largest absolute Gasteiger partial charge is 0.454 e. The Balaban J connectivity index is 2.35. The fourth-order valence-electron chi connectivity index (χ4n) is 1.26. The van der Waals surface area contributed by atoms with Crippen LogP contribution < -0.4 is 15.2 Å². The van der Waals surface area contributed by atoms with Crippen molar-refractivity contribution in [1.82, 2.24) is 0 Å². The first-order valence-corrected chi connectivity index (χ1v) is 4.61. The van der Waals surface area contributed by atoms with Crippen LogP contribution in [0.4, 0.5) is 0 Å². The van der Waals surface area contributed by atoms with Gasteiger partial charge in [-0.05, 0) is 23.8 Å². The average molecular weight is 226 g/mol. The highest BCUT2D eigenvalue weighted by Crippen LogP contribution is 2.39. The van der Waals surface area contributed by atoms with Gasteiger partial charge in [0.05, 0.1) is 5.02 Å². The predicted molar refractivity (Wildman–Crippen MR) is 55.8 cm³/mol. The van der Waals surface area contributed by atoms with Crippen LogP contribution in [0.25, 0.3) is 6.08 Å². The van der Waals surface area contributed by atoms with Crippen molar-refractivity contribution in [2.45, 2.75) is 0 Å². The molecule has 0 atom stereocenters. The molecule has 0 radical (unpaired) electrons. The quantitative estimate of drug-likeness (QED) is 0.777. The normalized spacial score (nSPS) is 13.4. The molecule has 2 N–H and O–H groups in total. The lowest BCUT2D eigenvalue weighted by atomic mass is 10.2. The summed E-state index contributed by atoms with van der Waals surface area (Å²) in [5.74, 6) is 0.600. The zero-order chi connectivity index (χ0) is 10.8. The van der Waals surface area contributed by atoms with Gasteiger partial charge in [0.1, 0.15) is 0 Å². The summed E-state index contributed by atoms with van der Waals surface area (Å²) in [6.07, 6.45) is 2.82. The van der Waals surface area contributed by atoms with Crippen LogP contribution in [0.1, 0.15) is 5.56 Å². The number of amides is 1. The molecule has 1 heterocycles.